The highest BCUT2D eigenvalue weighted by Gasteiger charge is 2.02. The summed E-state index contributed by atoms with van der Waals surface area (Å²) >= 11 is 0. The fraction of sp³-hybridized carbons (Fsp3) is 0.238. The fourth-order valence-electron chi connectivity index (χ4n) is 2.50. The van der Waals surface area contributed by atoms with Gasteiger partial charge in [-0.05, 0) is 68.0 Å². The highest BCUT2D eigenvalue weighted by atomic mass is 14.1. The molecule has 0 bridgehead atoms. The third-order valence-electron chi connectivity index (χ3n) is 3.94. The number of hydrogen-bond acceptors (Lipinski definition) is 0. The van der Waals surface area contributed by atoms with Gasteiger partial charge in [-0.2, -0.15) is 0 Å². The van der Waals surface area contributed by atoms with Crippen LogP contribution in [-0.2, 0) is 0 Å². The summed E-state index contributed by atoms with van der Waals surface area (Å²) in [5.74, 6) is 0. The van der Waals surface area contributed by atoms with Gasteiger partial charge in [0.15, 0.2) is 0 Å². The maximum Gasteiger partial charge on any atom is -0.0185 e. The van der Waals surface area contributed by atoms with Crippen molar-refractivity contribution in [3.05, 3.63) is 81.9 Å². The van der Waals surface area contributed by atoms with Gasteiger partial charge in [-0.1, -0.05) is 60.2 Å². The van der Waals surface area contributed by atoms with E-state index < -0.39 is 0 Å². The van der Waals surface area contributed by atoms with E-state index in [1.54, 1.807) is 0 Å². The number of allylic oxidation sites excluding steroid dienone is 3. The summed E-state index contributed by atoms with van der Waals surface area (Å²) in [5, 5.41) is 0. The van der Waals surface area contributed by atoms with Crippen LogP contribution < -0.4 is 0 Å². The molecule has 0 saturated heterocycles. The molecule has 21 heavy (non-hydrogen) atoms. The highest BCUT2D eigenvalue weighted by molar-refractivity contribution is 5.81. The molecule has 0 aliphatic rings. The lowest BCUT2D eigenvalue weighted by Gasteiger charge is -2.08. The normalized spacial score (nSPS) is 10.9. The van der Waals surface area contributed by atoms with E-state index in [4.69, 9.17) is 0 Å². The first kappa shape index (κ1) is 15.3. The lowest BCUT2D eigenvalue weighted by molar-refractivity contribution is 1.29. The van der Waals surface area contributed by atoms with Gasteiger partial charge in [0, 0.05) is 0 Å². The van der Waals surface area contributed by atoms with Crippen LogP contribution in [0.2, 0.25) is 0 Å². The molecule has 0 aromatic heterocycles. The Morgan fingerprint density at radius 1 is 0.810 bits per heavy atom. The second-order valence-corrected chi connectivity index (χ2v) is 5.91. The first-order valence-electron chi connectivity index (χ1n) is 7.48. The van der Waals surface area contributed by atoms with Crippen molar-refractivity contribution in [2.75, 3.05) is 0 Å². The third kappa shape index (κ3) is 3.72. The minimum atomic E-state index is 1.27. The van der Waals surface area contributed by atoms with Gasteiger partial charge < -0.3 is 0 Å². The van der Waals surface area contributed by atoms with Crippen molar-refractivity contribution in [2.45, 2.75) is 34.6 Å². The summed E-state index contributed by atoms with van der Waals surface area (Å²) in [7, 11) is 0. The summed E-state index contributed by atoms with van der Waals surface area (Å²) in [6.45, 7) is 10.9. The minimum absolute atomic E-state index is 1.27. The first-order chi connectivity index (χ1) is 9.99. The molecule has 0 amide bonds. The molecule has 0 aliphatic carbocycles. The van der Waals surface area contributed by atoms with E-state index in [0.29, 0.717) is 0 Å². The lowest BCUT2D eigenvalue weighted by atomic mass is 9.97. The SMILES string of the molecule is CC(C)=C(C=Cc1cc(C)c(C)cc1C)c1ccccc1. The number of benzene rings is 2. The molecule has 2 aromatic rings. The van der Waals surface area contributed by atoms with Crippen LogP contribution >= 0.6 is 0 Å². The molecule has 0 unspecified atom stereocenters. The van der Waals surface area contributed by atoms with Crippen LogP contribution in [-0.4, -0.2) is 0 Å². The highest BCUT2D eigenvalue weighted by Crippen LogP contribution is 2.23. The standard InChI is InChI=1S/C21H24/c1-15(2)21(19-9-7-6-8-10-19)12-11-20-14-17(4)16(3)13-18(20)5/h6-14H,1-5H3. The van der Waals surface area contributed by atoms with Gasteiger partial charge in [-0.3, -0.25) is 0 Å². The zero-order valence-corrected chi connectivity index (χ0v) is 13.7. The summed E-state index contributed by atoms with van der Waals surface area (Å²) in [6.07, 6.45) is 4.47. The molecule has 0 atom stereocenters. The van der Waals surface area contributed by atoms with Crippen LogP contribution in [0.25, 0.3) is 11.6 Å². The number of aryl methyl sites for hydroxylation is 3. The Morgan fingerprint density at radius 2 is 1.43 bits per heavy atom. The van der Waals surface area contributed by atoms with E-state index in [2.05, 4.69) is 89.2 Å². The molecule has 0 radical (unpaired) electrons. The van der Waals surface area contributed by atoms with Gasteiger partial charge >= 0.3 is 0 Å². The Bertz CT molecular complexity index is 681. The molecule has 0 nitrogen and oxygen atoms in total. The Morgan fingerprint density at radius 3 is 2.05 bits per heavy atom. The second-order valence-electron chi connectivity index (χ2n) is 5.91. The van der Waals surface area contributed by atoms with Gasteiger partial charge in [-0.25, -0.2) is 0 Å². The molecule has 0 aliphatic heterocycles. The number of rotatable bonds is 3. The molecule has 0 heterocycles. The molecule has 108 valence electrons. The number of hydrogen-bond donors (Lipinski definition) is 0. The van der Waals surface area contributed by atoms with Gasteiger partial charge in [0.2, 0.25) is 0 Å². The monoisotopic (exact) mass is 276 g/mol. The average molecular weight is 276 g/mol. The van der Waals surface area contributed by atoms with Gasteiger partial charge in [0.25, 0.3) is 0 Å². The molecule has 0 N–H and O–H groups in total. The van der Waals surface area contributed by atoms with E-state index in [-0.39, 0.29) is 0 Å². The van der Waals surface area contributed by atoms with Crippen molar-refractivity contribution in [1.29, 1.82) is 0 Å². The van der Waals surface area contributed by atoms with Crippen molar-refractivity contribution in [3.63, 3.8) is 0 Å². The topological polar surface area (TPSA) is 0 Å². The lowest BCUT2D eigenvalue weighted by Crippen LogP contribution is -1.88. The van der Waals surface area contributed by atoms with Crippen LogP contribution in [0.3, 0.4) is 0 Å². The molecule has 2 rings (SSSR count). The maximum atomic E-state index is 2.27. The van der Waals surface area contributed by atoms with E-state index in [0.717, 1.165) is 0 Å². The summed E-state index contributed by atoms with van der Waals surface area (Å²) in [4.78, 5) is 0. The predicted octanol–water partition coefficient (Wildman–Crippen LogP) is 6.12. The van der Waals surface area contributed by atoms with Gasteiger partial charge in [-0.15, -0.1) is 0 Å². The van der Waals surface area contributed by atoms with Crippen molar-refractivity contribution in [1.82, 2.24) is 0 Å². The van der Waals surface area contributed by atoms with Gasteiger partial charge in [0.1, 0.15) is 0 Å². The Labute approximate surface area is 128 Å². The van der Waals surface area contributed by atoms with Crippen LogP contribution in [0.15, 0.2) is 54.1 Å². The molecular formula is C21H24. The van der Waals surface area contributed by atoms with Crippen LogP contribution in [0.1, 0.15) is 41.7 Å². The predicted molar refractivity (Wildman–Crippen MR) is 94.4 cm³/mol. The zero-order chi connectivity index (χ0) is 15.4. The largest absolute Gasteiger partial charge is 0.0686 e. The minimum Gasteiger partial charge on any atom is -0.0686 e. The first-order valence-corrected chi connectivity index (χ1v) is 7.48. The van der Waals surface area contributed by atoms with E-state index in [1.807, 2.05) is 0 Å². The van der Waals surface area contributed by atoms with Crippen molar-refractivity contribution in [3.8, 4) is 0 Å². The average Bonchev–Trinajstić information content (AvgIpc) is 2.45. The Balaban J connectivity index is 2.39. The maximum absolute atomic E-state index is 2.27. The van der Waals surface area contributed by atoms with E-state index >= 15 is 0 Å². The smallest absolute Gasteiger partial charge is 0.0185 e. The summed E-state index contributed by atoms with van der Waals surface area (Å²) in [6, 6.07) is 15.1. The molecule has 0 saturated carbocycles. The van der Waals surface area contributed by atoms with E-state index in [1.165, 1.54) is 39.0 Å². The molecule has 0 fully saturated rings. The molecule has 0 heteroatoms. The van der Waals surface area contributed by atoms with Crippen molar-refractivity contribution < 1.29 is 0 Å². The molecular weight excluding hydrogens is 252 g/mol. The quantitative estimate of drug-likeness (QED) is 0.592. The fourth-order valence-corrected chi connectivity index (χ4v) is 2.50. The second kappa shape index (κ2) is 6.58. The molecule has 0 spiro atoms. The van der Waals surface area contributed by atoms with E-state index in [9.17, 15) is 0 Å². The summed E-state index contributed by atoms with van der Waals surface area (Å²) < 4.78 is 0. The van der Waals surface area contributed by atoms with Crippen LogP contribution in [0, 0.1) is 20.8 Å². The Kier molecular flexibility index (Phi) is 4.80. The van der Waals surface area contributed by atoms with Gasteiger partial charge in [0.05, 0.1) is 0 Å². The van der Waals surface area contributed by atoms with Crippen molar-refractivity contribution >= 4 is 11.6 Å². The third-order valence-corrected chi connectivity index (χ3v) is 3.94. The van der Waals surface area contributed by atoms with Crippen LogP contribution in [0.4, 0.5) is 0 Å². The zero-order valence-electron chi connectivity index (χ0n) is 13.7. The summed E-state index contributed by atoms with van der Waals surface area (Å²) in [5.41, 5.74) is 9.24. The van der Waals surface area contributed by atoms with Crippen molar-refractivity contribution in [2.24, 2.45) is 0 Å². The Hall–Kier alpha value is -2.08. The van der Waals surface area contributed by atoms with Crippen LogP contribution in [0.5, 0.6) is 0 Å². The molecule has 2 aromatic carbocycles.